The lowest BCUT2D eigenvalue weighted by Gasteiger charge is -2.41. The van der Waals surface area contributed by atoms with Gasteiger partial charge in [-0.05, 0) is 32.4 Å². The van der Waals surface area contributed by atoms with Crippen molar-refractivity contribution in [2.24, 2.45) is 0 Å². The Bertz CT molecular complexity index is 93.3. The van der Waals surface area contributed by atoms with Crippen LogP contribution in [0.15, 0.2) is 0 Å². The molecule has 0 atom stereocenters. The number of rotatable bonds is 6. The number of nitrogens with zero attached hydrogens (tertiary/aromatic N) is 1. The van der Waals surface area contributed by atoms with Crippen LogP contribution in [0.3, 0.4) is 0 Å². The standard InChI is InChI=1S/C11H25N/c1-6-11(7-2,8-3)12(9-4)10-5/h6-10H2,1-5H3. The van der Waals surface area contributed by atoms with Gasteiger partial charge in [-0.3, -0.25) is 4.90 Å². The second-order valence-electron chi connectivity index (χ2n) is 3.46. The van der Waals surface area contributed by atoms with Crippen LogP contribution in [0.5, 0.6) is 0 Å². The molecule has 1 heteroatoms. The summed E-state index contributed by atoms with van der Waals surface area (Å²) in [6.07, 6.45) is 3.84. The lowest BCUT2D eigenvalue weighted by atomic mass is 9.87. The first-order valence-corrected chi connectivity index (χ1v) is 5.45. The summed E-state index contributed by atoms with van der Waals surface area (Å²) in [7, 11) is 0. The molecule has 12 heavy (non-hydrogen) atoms. The first-order valence-electron chi connectivity index (χ1n) is 5.45. The zero-order valence-electron chi connectivity index (χ0n) is 9.48. The third-order valence-electron chi connectivity index (χ3n) is 3.41. The van der Waals surface area contributed by atoms with Crippen LogP contribution < -0.4 is 0 Å². The Balaban J connectivity index is 4.42. The van der Waals surface area contributed by atoms with E-state index in [-0.39, 0.29) is 0 Å². The molecule has 0 aromatic rings. The summed E-state index contributed by atoms with van der Waals surface area (Å²) in [4.78, 5) is 2.60. The van der Waals surface area contributed by atoms with Gasteiger partial charge in [0.15, 0.2) is 0 Å². The molecule has 0 amide bonds. The normalized spacial score (nSPS) is 12.5. The molecule has 0 aliphatic carbocycles. The van der Waals surface area contributed by atoms with E-state index in [9.17, 15) is 0 Å². The predicted molar refractivity (Wildman–Crippen MR) is 56.5 cm³/mol. The molecule has 0 radical (unpaired) electrons. The molecule has 0 spiro atoms. The van der Waals surface area contributed by atoms with Gasteiger partial charge in [0.1, 0.15) is 0 Å². The smallest absolute Gasteiger partial charge is 0.0201 e. The van der Waals surface area contributed by atoms with Crippen LogP contribution in [-0.4, -0.2) is 23.5 Å². The summed E-state index contributed by atoms with van der Waals surface area (Å²) in [5, 5.41) is 0. The average molecular weight is 171 g/mol. The highest BCUT2D eigenvalue weighted by Gasteiger charge is 2.28. The van der Waals surface area contributed by atoms with E-state index < -0.39 is 0 Å². The van der Waals surface area contributed by atoms with Crippen LogP contribution >= 0.6 is 0 Å². The van der Waals surface area contributed by atoms with Gasteiger partial charge in [0.25, 0.3) is 0 Å². The maximum Gasteiger partial charge on any atom is 0.0201 e. The number of hydrogen-bond acceptors (Lipinski definition) is 1. The van der Waals surface area contributed by atoms with E-state index in [1.165, 1.54) is 32.4 Å². The van der Waals surface area contributed by atoms with Gasteiger partial charge in [0.2, 0.25) is 0 Å². The van der Waals surface area contributed by atoms with Crippen LogP contribution in [0.2, 0.25) is 0 Å². The monoisotopic (exact) mass is 171 g/mol. The third-order valence-corrected chi connectivity index (χ3v) is 3.41. The van der Waals surface area contributed by atoms with Crippen LogP contribution in [0.4, 0.5) is 0 Å². The molecule has 0 heterocycles. The summed E-state index contributed by atoms with van der Waals surface area (Å²) in [5.41, 5.74) is 0.476. The van der Waals surface area contributed by atoms with Crippen LogP contribution in [-0.2, 0) is 0 Å². The van der Waals surface area contributed by atoms with Gasteiger partial charge in [-0.15, -0.1) is 0 Å². The van der Waals surface area contributed by atoms with E-state index in [0.717, 1.165) is 0 Å². The van der Waals surface area contributed by atoms with Gasteiger partial charge in [-0.1, -0.05) is 34.6 Å². The van der Waals surface area contributed by atoms with Gasteiger partial charge in [-0.25, -0.2) is 0 Å². The summed E-state index contributed by atoms with van der Waals surface area (Å²) in [6, 6.07) is 0. The van der Waals surface area contributed by atoms with Crippen molar-refractivity contribution in [3.8, 4) is 0 Å². The van der Waals surface area contributed by atoms with Crippen molar-refractivity contribution in [1.29, 1.82) is 0 Å². The number of hydrogen-bond donors (Lipinski definition) is 0. The molecule has 0 rings (SSSR count). The molecule has 0 saturated carbocycles. The lowest BCUT2D eigenvalue weighted by Crippen LogP contribution is -2.47. The SMILES string of the molecule is CCN(CC)C(CC)(CC)CC. The van der Waals surface area contributed by atoms with Crippen LogP contribution in [0.1, 0.15) is 53.9 Å². The van der Waals surface area contributed by atoms with E-state index in [2.05, 4.69) is 39.5 Å². The zero-order chi connectivity index (χ0) is 9.61. The molecule has 0 aromatic carbocycles. The maximum atomic E-state index is 2.60. The Morgan fingerprint density at radius 3 is 1.17 bits per heavy atom. The summed E-state index contributed by atoms with van der Waals surface area (Å²) >= 11 is 0. The van der Waals surface area contributed by atoms with Gasteiger partial charge in [-0.2, -0.15) is 0 Å². The van der Waals surface area contributed by atoms with Crippen molar-refractivity contribution in [2.75, 3.05) is 13.1 Å². The second kappa shape index (κ2) is 5.58. The minimum Gasteiger partial charge on any atom is -0.298 e. The van der Waals surface area contributed by atoms with Crippen molar-refractivity contribution >= 4 is 0 Å². The van der Waals surface area contributed by atoms with Crippen LogP contribution in [0, 0.1) is 0 Å². The largest absolute Gasteiger partial charge is 0.298 e. The van der Waals surface area contributed by atoms with Crippen molar-refractivity contribution in [2.45, 2.75) is 59.4 Å². The van der Waals surface area contributed by atoms with E-state index in [0.29, 0.717) is 5.54 Å². The molecule has 0 bridgehead atoms. The Hall–Kier alpha value is -0.0400. The van der Waals surface area contributed by atoms with E-state index >= 15 is 0 Å². The first kappa shape index (κ1) is 12.0. The van der Waals surface area contributed by atoms with Gasteiger partial charge >= 0.3 is 0 Å². The minimum atomic E-state index is 0.476. The quantitative estimate of drug-likeness (QED) is 0.592. The highest BCUT2D eigenvalue weighted by Crippen LogP contribution is 2.26. The maximum absolute atomic E-state index is 2.60. The Kier molecular flexibility index (Phi) is 5.56. The van der Waals surface area contributed by atoms with Crippen molar-refractivity contribution in [3.05, 3.63) is 0 Å². The predicted octanol–water partition coefficient (Wildman–Crippen LogP) is 3.30. The van der Waals surface area contributed by atoms with Crippen LogP contribution in [0.25, 0.3) is 0 Å². The molecule has 0 N–H and O–H groups in total. The van der Waals surface area contributed by atoms with E-state index in [4.69, 9.17) is 0 Å². The van der Waals surface area contributed by atoms with Gasteiger partial charge < -0.3 is 0 Å². The Labute approximate surface area is 78.1 Å². The van der Waals surface area contributed by atoms with Gasteiger partial charge in [0, 0.05) is 5.54 Å². The van der Waals surface area contributed by atoms with E-state index in [1.807, 2.05) is 0 Å². The fourth-order valence-electron chi connectivity index (χ4n) is 2.32. The minimum absolute atomic E-state index is 0.476. The molecule has 74 valence electrons. The van der Waals surface area contributed by atoms with Crippen molar-refractivity contribution < 1.29 is 0 Å². The molecule has 0 saturated heterocycles. The van der Waals surface area contributed by atoms with Crippen molar-refractivity contribution in [1.82, 2.24) is 4.90 Å². The lowest BCUT2D eigenvalue weighted by molar-refractivity contribution is 0.0852. The zero-order valence-corrected chi connectivity index (χ0v) is 9.48. The Morgan fingerprint density at radius 2 is 1.08 bits per heavy atom. The average Bonchev–Trinajstić information content (AvgIpc) is 2.14. The molecule has 0 aromatic heterocycles. The van der Waals surface area contributed by atoms with Gasteiger partial charge in [0.05, 0.1) is 0 Å². The molecular weight excluding hydrogens is 146 g/mol. The summed E-state index contributed by atoms with van der Waals surface area (Å²) < 4.78 is 0. The third kappa shape index (κ3) is 2.22. The fraction of sp³-hybridized carbons (Fsp3) is 1.00. The van der Waals surface area contributed by atoms with E-state index in [1.54, 1.807) is 0 Å². The summed E-state index contributed by atoms with van der Waals surface area (Å²) in [6.45, 7) is 13.8. The molecule has 0 aliphatic heterocycles. The molecule has 0 unspecified atom stereocenters. The highest BCUT2D eigenvalue weighted by molar-refractivity contribution is 4.85. The molecule has 1 nitrogen and oxygen atoms in total. The summed E-state index contributed by atoms with van der Waals surface area (Å²) in [5.74, 6) is 0. The Morgan fingerprint density at radius 1 is 0.750 bits per heavy atom. The van der Waals surface area contributed by atoms with Crippen molar-refractivity contribution in [3.63, 3.8) is 0 Å². The second-order valence-corrected chi connectivity index (χ2v) is 3.46. The molecule has 0 fully saturated rings. The molecule has 0 aliphatic rings. The fourth-order valence-corrected chi connectivity index (χ4v) is 2.32. The first-order chi connectivity index (χ1) is 5.70. The highest BCUT2D eigenvalue weighted by atomic mass is 15.2. The molecular formula is C11H25N. The topological polar surface area (TPSA) is 3.24 Å².